The summed E-state index contributed by atoms with van der Waals surface area (Å²) in [6.07, 6.45) is -4.87. The SMILES string of the molecule is Nc1ccccc1S[C@@H]1O[C@H](CO)[C@@H](O)[C@H](O)[C@@H]1O. The van der Waals surface area contributed by atoms with E-state index >= 15 is 0 Å². The first-order valence-corrected chi connectivity index (χ1v) is 6.74. The standard InChI is InChI=1S/C12H17NO5S/c13-6-3-1-2-4-8(6)19-12-11(17)10(16)9(15)7(5-14)18-12/h1-4,7,9-12,14-17H,5,13H2/t7-,9-,10+,11+,12+/m1/s1. The molecule has 19 heavy (non-hydrogen) atoms. The maximum Gasteiger partial charge on any atom is 0.136 e. The first-order valence-electron chi connectivity index (χ1n) is 5.86. The highest BCUT2D eigenvalue weighted by molar-refractivity contribution is 8.00. The highest BCUT2D eigenvalue weighted by Crippen LogP contribution is 2.35. The van der Waals surface area contributed by atoms with Gasteiger partial charge in [0.1, 0.15) is 29.9 Å². The lowest BCUT2D eigenvalue weighted by Gasteiger charge is -2.39. The van der Waals surface area contributed by atoms with E-state index in [9.17, 15) is 15.3 Å². The summed E-state index contributed by atoms with van der Waals surface area (Å²) in [6, 6.07) is 7.06. The third-order valence-corrected chi connectivity index (χ3v) is 4.26. The Balaban J connectivity index is 2.13. The summed E-state index contributed by atoms with van der Waals surface area (Å²) < 4.78 is 5.39. The number of aliphatic hydroxyl groups is 4. The smallest absolute Gasteiger partial charge is 0.136 e. The number of nitrogen functional groups attached to an aromatic ring is 1. The van der Waals surface area contributed by atoms with Crippen LogP contribution in [0.2, 0.25) is 0 Å². The Morgan fingerprint density at radius 1 is 1.11 bits per heavy atom. The lowest BCUT2D eigenvalue weighted by atomic mass is 10.0. The van der Waals surface area contributed by atoms with Crippen LogP contribution in [0.3, 0.4) is 0 Å². The normalized spacial score (nSPS) is 35.3. The molecule has 0 aliphatic carbocycles. The van der Waals surface area contributed by atoms with Crippen LogP contribution in [-0.2, 0) is 4.74 Å². The maximum atomic E-state index is 9.90. The molecule has 0 spiro atoms. The fourth-order valence-corrected chi connectivity index (χ4v) is 2.99. The Labute approximate surface area is 114 Å². The molecular formula is C12H17NO5S. The van der Waals surface area contributed by atoms with Crippen molar-refractivity contribution in [1.29, 1.82) is 0 Å². The summed E-state index contributed by atoms with van der Waals surface area (Å²) in [6.45, 7) is -0.438. The zero-order valence-electron chi connectivity index (χ0n) is 10.1. The summed E-state index contributed by atoms with van der Waals surface area (Å²) >= 11 is 1.14. The fraction of sp³-hybridized carbons (Fsp3) is 0.500. The van der Waals surface area contributed by atoms with E-state index in [4.69, 9.17) is 15.6 Å². The highest BCUT2D eigenvalue weighted by Gasteiger charge is 2.43. The van der Waals surface area contributed by atoms with Crippen LogP contribution in [0.5, 0.6) is 0 Å². The molecule has 5 atom stereocenters. The molecule has 0 bridgehead atoms. The van der Waals surface area contributed by atoms with Gasteiger partial charge in [-0.05, 0) is 12.1 Å². The van der Waals surface area contributed by atoms with Gasteiger partial charge in [0.15, 0.2) is 0 Å². The Morgan fingerprint density at radius 3 is 2.42 bits per heavy atom. The van der Waals surface area contributed by atoms with Crippen molar-refractivity contribution in [3.05, 3.63) is 24.3 Å². The molecule has 1 aromatic carbocycles. The quantitative estimate of drug-likeness (QED) is 0.460. The molecule has 2 rings (SSSR count). The van der Waals surface area contributed by atoms with Crippen LogP contribution in [0, 0.1) is 0 Å². The molecule has 0 unspecified atom stereocenters. The highest BCUT2D eigenvalue weighted by atomic mass is 32.2. The number of nitrogens with two attached hydrogens (primary N) is 1. The van der Waals surface area contributed by atoms with E-state index in [1.54, 1.807) is 24.3 Å². The van der Waals surface area contributed by atoms with Crippen LogP contribution in [-0.4, -0.2) is 56.9 Å². The molecule has 0 amide bonds. The Bertz CT molecular complexity index is 430. The number of hydrogen-bond donors (Lipinski definition) is 5. The summed E-state index contributed by atoms with van der Waals surface area (Å²) in [5.74, 6) is 0. The average Bonchev–Trinajstić information content (AvgIpc) is 2.41. The lowest BCUT2D eigenvalue weighted by Crippen LogP contribution is -2.57. The van der Waals surface area contributed by atoms with E-state index in [1.165, 1.54) is 0 Å². The van der Waals surface area contributed by atoms with Crippen molar-refractivity contribution in [3.63, 3.8) is 0 Å². The number of rotatable bonds is 3. The van der Waals surface area contributed by atoms with Crippen LogP contribution < -0.4 is 5.73 Å². The number of hydrogen-bond acceptors (Lipinski definition) is 7. The van der Waals surface area contributed by atoms with Gasteiger partial charge in [0.25, 0.3) is 0 Å². The molecule has 1 fully saturated rings. The maximum absolute atomic E-state index is 9.90. The number of benzene rings is 1. The minimum atomic E-state index is -1.37. The second-order valence-electron chi connectivity index (χ2n) is 4.35. The zero-order chi connectivity index (χ0) is 14.0. The molecule has 1 aliphatic rings. The van der Waals surface area contributed by atoms with Crippen molar-refractivity contribution >= 4 is 17.4 Å². The molecule has 1 aliphatic heterocycles. The summed E-state index contributed by atoms with van der Waals surface area (Å²) in [5, 5.41) is 38.3. The molecule has 6 N–H and O–H groups in total. The first-order chi connectivity index (χ1) is 9.04. The van der Waals surface area contributed by atoms with E-state index in [0.717, 1.165) is 11.8 Å². The number of anilines is 1. The molecule has 1 saturated heterocycles. The summed E-state index contributed by atoms with van der Waals surface area (Å²) in [4.78, 5) is 0.701. The van der Waals surface area contributed by atoms with Crippen LogP contribution in [0.15, 0.2) is 29.2 Å². The lowest BCUT2D eigenvalue weighted by molar-refractivity contribution is -0.205. The predicted molar refractivity (Wildman–Crippen MR) is 70.5 cm³/mol. The largest absolute Gasteiger partial charge is 0.398 e. The van der Waals surface area contributed by atoms with Gasteiger partial charge in [-0.3, -0.25) is 0 Å². The second-order valence-corrected chi connectivity index (χ2v) is 5.49. The monoisotopic (exact) mass is 287 g/mol. The van der Waals surface area contributed by atoms with Crippen LogP contribution in [0.1, 0.15) is 0 Å². The molecule has 1 aromatic rings. The molecule has 0 radical (unpaired) electrons. The van der Waals surface area contributed by atoms with Gasteiger partial charge in [-0.25, -0.2) is 0 Å². The van der Waals surface area contributed by atoms with Gasteiger partial charge in [-0.1, -0.05) is 23.9 Å². The molecular weight excluding hydrogens is 270 g/mol. The fourth-order valence-electron chi connectivity index (χ4n) is 1.88. The van der Waals surface area contributed by atoms with Gasteiger partial charge in [0, 0.05) is 10.6 Å². The minimum Gasteiger partial charge on any atom is -0.398 e. The van der Waals surface area contributed by atoms with Gasteiger partial charge in [0.05, 0.1) is 6.61 Å². The van der Waals surface area contributed by atoms with Crippen molar-refractivity contribution in [2.24, 2.45) is 0 Å². The van der Waals surface area contributed by atoms with E-state index in [-0.39, 0.29) is 0 Å². The number of aliphatic hydroxyl groups excluding tert-OH is 4. The topological polar surface area (TPSA) is 116 Å². The number of ether oxygens (including phenoxy) is 1. The molecule has 7 heteroatoms. The third kappa shape index (κ3) is 3.02. The zero-order valence-corrected chi connectivity index (χ0v) is 10.9. The van der Waals surface area contributed by atoms with Crippen LogP contribution in [0.4, 0.5) is 5.69 Å². The first kappa shape index (κ1) is 14.6. The Morgan fingerprint density at radius 2 is 1.79 bits per heavy atom. The molecule has 6 nitrogen and oxygen atoms in total. The second kappa shape index (κ2) is 6.08. The van der Waals surface area contributed by atoms with E-state index < -0.39 is 36.5 Å². The molecule has 1 heterocycles. The van der Waals surface area contributed by atoms with Gasteiger partial charge < -0.3 is 30.9 Å². The molecule has 0 aromatic heterocycles. The van der Waals surface area contributed by atoms with Crippen molar-refractivity contribution in [2.75, 3.05) is 12.3 Å². The molecule has 106 valence electrons. The van der Waals surface area contributed by atoms with Crippen molar-refractivity contribution < 1.29 is 25.2 Å². The summed E-state index contributed by atoms with van der Waals surface area (Å²) in [5.41, 5.74) is 5.52. The minimum absolute atomic E-state index is 0.438. The van der Waals surface area contributed by atoms with Crippen molar-refractivity contribution in [3.8, 4) is 0 Å². The van der Waals surface area contributed by atoms with Crippen LogP contribution >= 0.6 is 11.8 Å². The van der Waals surface area contributed by atoms with Crippen molar-refractivity contribution in [2.45, 2.75) is 34.7 Å². The number of thioether (sulfide) groups is 1. The van der Waals surface area contributed by atoms with Crippen LogP contribution in [0.25, 0.3) is 0 Å². The van der Waals surface area contributed by atoms with Gasteiger partial charge >= 0.3 is 0 Å². The van der Waals surface area contributed by atoms with E-state index in [0.29, 0.717) is 10.6 Å². The Hall–Kier alpha value is -0.830. The van der Waals surface area contributed by atoms with Crippen molar-refractivity contribution in [1.82, 2.24) is 0 Å². The Kier molecular flexibility index (Phi) is 4.67. The average molecular weight is 287 g/mol. The third-order valence-electron chi connectivity index (χ3n) is 3.01. The van der Waals surface area contributed by atoms with Gasteiger partial charge in [-0.2, -0.15) is 0 Å². The summed E-state index contributed by atoms with van der Waals surface area (Å²) in [7, 11) is 0. The van der Waals surface area contributed by atoms with E-state index in [1.807, 2.05) is 0 Å². The molecule has 0 saturated carbocycles. The number of para-hydroxylation sites is 1. The van der Waals surface area contributed by atoms with Gasteiger partial charge in [-0.15, -0.1) is 0 Å². The predicted octanol–water partition coefficient (Wildman–Crippen LogP) is -0.839. The van der Waals surface area contributed by atoms with E-state index in [2.05, 4.69) is 0 Å². The van der Waals surface area contributed by atoms with Gasteiger partial charge in [0.2, 0.25) is 0 Å².